The van der Waals surface area contributed by atoms with Crippen molar-refractivity contribution in [3.63, 3.8) is 0 Å². The van der Waals surface area contributed by atoms with Crippen molar-refractivity contribution in [2.75, 3.05) is 26.2 Å². The Balaban J connectivity index is 1.27. The Labute approximate surface area is 201 Å². The molecule has 4 heterocycles. The van der Waals surface area contributed by atoms with Crippen LogP contribution in [0.2, 0.25) is 5.02 Å². The molecule has 0 saturated carbocycles. The second kappa shape index (κ2) is 8.93. The molecule has 172 valence electrons. The molecule has 33 heavy (non-hydrogen) atoms. The molecular weight excluding hydrogens is 458 g/mol. The maximum atomic E-state index is 13.3. The van der Waals surface area contributed by atoms with Gasteiger partial charge >= 0.3 is 0 Å². The Hall–Kier alpha value is -2.68. The van der Waals surface area contributed by atoms with Crippen LogP contribution in [0.5, 0.6) is 0 Å². The molecule has 7 nitrogen and oxygen atoms in total. The third kappa shape index (κ3) is 4.43. The first kappa shape index (κ1) is 22.1. The Kier molecular flexibility index (Phi) is 5.99. The van der Waals surface area contributed by atoms with Crippen molar-refractivity contribution in [2.45, 2.75) is 33.9 Å². The van der Waals surface area contributed by atoms with E-state index in [1.165, 1.54) is 11.3 Å². The maximum absolute atomic E-state index is 13.3. The maximum Gasteiger partial charge on any atom is 0.264 e. The number of piperazine rings is 1. The summed E-state index contributed by atoms with van der Waals surface area (Å²) in [7, 11) is 0. The second-order valence-corrected chi connectivity index (χ2v) is 10.0. The summed E-state index contributed by atoms with van der Waals surface area (Å²) in [6.45, 7) is 10.5. The smallest absolute Gasteiger partial charge is 0.264 e. The molecule has 0 N–H and O–H groups in total. The highest BCUT2D eigenvalue weighted by atomic mass is 35.5. The first-order chi connectivity index (χ1) is 15.9. The minimum Gasteiger partial charge on any atom is -0.361 e. The van der Waals surface area contributed by atoms with E-state index in [1.807, 2.05) is 60.7 Å². The van der Waals surface area contributed by atoms with E-state index in [4.69, 9.17) is 16.1 Å². The van der Waals surface area contributed by atoms with Crippen molar-refractivity contribution in [2.24, 2.45) is 0 Å². The highest BCUT2D eigenvalue weighted by Gasteiger charge is 2.26. The predicted octanol–water partition coefficient (Wildman–Crippen LogP) is 4.67. The summed E-state index contributed by atoms with van der Waals surface area (Å²) in [5.74, 6) is 0.977. The number of hydrogen-bond acceptors (Lipinski definition) is 6. The summed E-state index contributed by atoms with van der Waals surface area (Å²) < 4.78 is 7.27. The van der Waals surface area contributed by atoms with Crippen LogP contribution in [0.1, 0.15) is 37.9 Å². The van der Waals surface area contributed by atoms with Gasteiger partial charge in [-0.25, -0.2) is 0 Å². The third-order valence-electron chi connectivity index (χ3n) is 6.29. The molecule has 0 unspecified atom stereocenters. The standard InChI is InChI=1S/C24H26ClN5O2S/c1-15-20-12-22(33-24(20)30(26-15)13-18-4-6-19(25)7-5-18)23(31)29-10-8-28(9-11-29)14-21-16(2)27-32-17(21)3/h4-7,12H,8-11,13-14H2,1-3H3. The topological polar surface area (TPSA) is 67.4 Å². The van der Waals surface area contributed by atoms with Crippen molar-refractivity contribution in [1.29, 1.82) is 0 Å². The highest BCUT2D eigenvalue weighted by Crippen LogP contribution is 2.30. The van der Waals surface area contributed by atoms with Crippen LogP contribution in [-0.2, 0) is 13.1 Å². The first-order valence-electron chi connectivity index (χ1n) is 11.0. The lowest BCUT2D eigenvalue weighted by Gasteiger charge is -2.34. The number of amides is 1. The van der Waals surface area contributed by atoms with Gasteiger partial charge in [-0.15, -0.1) is 11.3 Å². The molecular formula is C24H26ClN5O2S. The van der Waals surface area contributed by atoms with Crippen molar-refractivity contribution in [3.05, 3.63) is 68.5 Å². The molecule has 0 bridgehead atoms. The van der Waals surface area contributed by atoms with Crippen molar-refractivity contribution >= 4 is 39.1 Å². The molecule has 0 atom stereocenters. The number of carbonyl (C=O) groups excluding carboxylic acids is 1. The number of halogens is 1. The first-order valence-corrected chi connectivity index (χ1v) is 12.2. The van der Waals surface area contributed by atoms with Gasteiger partial charge in [0.05, 0.1) is 22.8 Å². The molecule has 1 aliphatic rings. The zero-order valence-corrected chi connectivity index (χ0v) is 20.5. The lowest BCUT2D eigenvalue weighted by molar-refractivity contribution is 0.0632. The number of hydrogen-bond donors (Lipinski definition) is 0. The van der Waals surface area contributed by atoms with Crippen molar-refractivity contribution < 1.29 is 9.32 Å². The van der Waals surface area contributed by atoms with E-state index < -0.39 is 0 Å². The molecule has 1 aromatic carbocycles. The molecule has 3 aromatic heterocycles. The fraction of sp³-hybridized carbons (Fsp3) is 0.375. The minimum atomic E-state index is 0.102. The largest absolute Gasteiger partial charge is 0.361 e. The molecule has 1 fully saturated rings. The van der Waals surface area contributed by atoms with Gasteiger partial charge in [0.25, 0.3) is 5.91 Å². The van der Waals surface area contributed by atoms with Crippen molar-refractivity contribution in [3.8, 4) is 0 Å². The number of aryl methyl sites for hydroxylation is 3. The summed E-state index contributed by atoms with van der Waals surface area (Å²) in [6.07, 6.45) is 0. The molecule has 1 aliphatic heterocycles. The molecule has 0 spiro atoms. The molecule has 1 amide bonds. The molecule has 1 saturated heterocycles. The lowest BCUT2D eigenvalue weighted by Crippen LogP contribution is -2.48. The number of thiophene rings is 1. The summed E-state index contributed by atoms with van der Waals surface area (Å²) in [5.41, 5.74) is 4.16. The van der Waals surface area contributed by atoms with Crippen LogP contribution < -0.4 is 0 Å². The van der Waals surface area contributed by atoms with Gasteiger partial charge in [-0.2, -0.15) is 5.10 Å². The number of benzene rings is 1. The fourth-order valence-corrected chi connectivity index (χ4v) is 5.56. The second-order valence-electron chi connectivity index (χ2n) is 8.57. The quantitative estimate of drug-likeness (QED) is 0.412. The van der Waals surface area contributed by atoms with Crippen LogP contribution in [-0.4, -0.2) is 56.8 Å². The zero-order valence-electron chi connectivity index (χ0n) is 19.0. The van der Waals surface area contributed by atoms with Gasteiger partial charge in [0.2, 0.25) is 0 Å². The molecule has 5 rings (SSSR count). The van der Waals surface area contributed by atoms with Crippen LogP contribution in [0.25, 0.3) is 10.2 Å². The highest BCUT2D eigenvalue weighted by molar-refractivity contribution is 7.20. The van der Waals surface area contributed by atoms with Crippen LogP contribution in [0.15, 0.2) is 34.9 Å². The van der Waals surface area contributed by atoms with Gasteiger partial charge in [-0.3, -0.25) is 14.4 Å². The molecule has 4 aromatic rings. The van der Waals surface area contributed by atoms with E-state index in [2.05, 4.69) is 15.2 Å². The van der Waals surface area contributed by atoms with E-state index in [-0.39, 0.29) is 5.91 Å². The summed E-state index contributed by atoms with van der Waals surface area (Å²) in [4.78, 5) is 19.4. The Morgan fingerprint density at radius 1 is 1.06 bits per heavy atom. The number of rotatable bonds is 5. The van der Waals surface area contributed by atoms with E-state index >= 15 is 0 Å². The Morgan fingerprint density at radius 2 is 1.79 bits per heavy atom. The zero-order chi connectivity index (χ0) is 23.1. The third-order valence-corrected chi connectivity index (χ3v) is 7.67. The van der Waals surface area contributed by atoms with E-state index in [0.29, 0.717) is 19.6 Å². The van der Waals surface area contributed by atoms with E-state index in [0.717, 1.165) is 68.0 Å². The van der Waals surface area contributed by atoms with Gasteiger partial charge in [0.15, 0.2) is 0 Å². The average Bonchev–Trinajstić information content (AvgIpc) is 3.47. The Bertz CT molecular complexity index is 1280. The average molecular weight is 484 g/mol. The molecule has 0 radical (unpaired) electrons. The summed E-state index contributed by atoms with van der Waals surface area (Å²) >= 11 is 7.54. The molecule has 9 heteroatoms. The van der Waals surface area contributed by atoms with Crippen LogP contribution >= 0.6 is 22.9 Å². The number of aromatic nitrogens is 3. The number of carbonyl (C=O) groups is 1. The van der Waals surface area contributed by atoms with Gasteiger partial charge in [0.1, 0.15) is 10.6 Å². The van der Waals surface area contributed by atoms with Gasteiger partial charge < -0.3 is 9.42 Å². The summed E-state index contributed by atoms with van der Waals surface area (Å²) in [6, 6.07) is 9.79. The molecule has 0 aliphatic carbocycles. The van der Waals surface area contributed by atoms with Crippen LogP contribution in [0, 0.1) is 20.8 Å². The van der Waals surface area contributed by atoms with Gasteiger partial charge in [-0.1, -0.05) is 28.9 Å². The Morgan fingerprint density at radius 3 is 2.45 bits per heavy atom. The fourth-order valence-electron chi connectivity index (χ4n) is 4.30. The van der Waals surface area contributed by atoms with Gasteiger partial charge in [-0.05, 0) is 44.5 Å². The van der Waals surface area contributed by atoms with Crippen LogP contribution in [0.4, 0.5) is 0 Å². The minimum absolute atomic E-state index is 0.102. The predicted molar refractivity (Wildman–Crippen MR) is 130 cm³/mol. The number of nitrogens with zero attached hydrogens (tertiary/aromatic N) is 5. The lowest BCUT2D eigenvalue weighted by atomic mass is 10.1. The van der Waals surface area contributed by atoms with E-state index in [1.54, 1.807) is 0 Å². The van der Waals surface area contributed by atoms with Crippen LogP contribution in [0.3, 0.4) is 0 Å². The van der Waals surface area contributed by atoms with Crippen molar-refractivity contribution in [1.82, 2.24) is 24.7 Å². The monoisotopic (exact) mass is 483 g/mol. The van der Waals surface area contributed by atoms with Gasteiger partial charge in [0, 0.05) is 48.7 Å². The normalized spacial score (nSPS) is 15.0. The van der Waals surface area contributed by atoms with E-state index in [9.17, 15) is 4.79 Å². The SMILES string of the molecule is Cc1noc(C)c1CN1CCN(C(=O)c2cc3c(C)nn(Cc4ccc(Cl)cc4)c3s2)CC1. The summed E-state index contributed by atoms with van der Waals surface area (Å²) in [5, 5.41) is 10.5. The number of fused-ring (bicyclic) bond motifs is 1.